The van der Waals surface area contributed by atoms with Crippen molar-refractivity contribution in [2.24, 2.45) is 0 Å². The minimum absolute atomic E-state index is 0. The van der Waals surface area contributed by atoms with Gasteiger partial charge in [0.15, 0.2) is 0 Å². The van der Waals surface area contributed by atoms with E-state index in [2.05, 4.69) is 424 Å². The van der Waals surface area contributed by atoms with Crippen molar-refractivity contribution >= 4 is 60.0 Å². The highest BCUT2D eigenvalue weighted by atomic mass is 35.5. The number of nitrogens with zero attached hydrogens (tertiary/aromatic N) is 6. The SMILES string of the molecule is CCN(CC)c1ccc(C[NH+](Cc2ccccc2)Cc2ccc(N(CC)CC)cc2)cc1.CN(C)c1ccc(C[NH+](Cc2ccccc2)Cc2ccc(N(C)C)cc2)cc1.CN(C)c1ccc(C[NH+](Cc2ccccc2)Cc2ccc(N(C)C)cc2)cc1.CS(=O)(=O)[O-].CS(=O)(=O)[O-].Cc1ccc(C[NH+](Cc2ccccc2)Cc2ccc(N)cc2)cc1.[Cl-].[Cl-]. The van der Waals surface area contributed by atoms with Crippen LogP contribution >= 0.6 is 0 Å². The van der Waals surface area contributed by atoms with Crippen molar-refractivity contribution in [1.29, 1.82) is 0 Å². The number of nitrogen functional groups attached to an aromatic ring is 1. The molecule has 12 rings (SSSR count). The van der Waals surface area contributed by atoms with Gasteiger partial charge in [0.1, 0.15) is 78.5 Å². The summed E-state index contributed by atoms with van der Waals surface area (Å²) < 4.78 is 54.5. The van der Waals surface area contributed by atoms with Gasteiger partial charge in [0.2, 0.25) is 0 Å². The standard InChI is InChI=1S/C29H39N3.2C25H31N3.C22H24N2.2CH4O3S.2ClH/c1-5-31(6-2)28-18-14-26(15-19-28)23-30(22-25-12-10-9-11-13-25)24-27-16-20-29(21-17-27)32(7-3)8-4;2*1-26(2)24-14-10-22(11-15-24)19-28(18-21-8-6-5-7-9-21)20-23-12-16-25(17-13-23)27(3)4;1-18-7-9-20(10-8-18)16-24(15-19-5-3-2-4-6-19)17-21-11-13-22(23)14-12-21;2*1-5(2,3)4;;/h9-21H,5-8,22-24H2,1-4H3;2*5-17H,18-20H2,1-4H3;2-14H,15-17,23H2,1H3;2*1H3,(H,2,3,4);2*1H. The first kappa shape index (κ1) is 104. The Bertz CT molecular complexity index is 4680. The van der Waals surface area contributed by atoms with Crippen LogP contribution in [0.1, 0.15) is 100 Å². The van der Waals surface area contributed by atoms with Crippen LogP contribution in [0.15, 0.2) is 315 Å². The second kappa shape index (κ2) is 55.0. The average Bonchev–Trinajstić information content (AvgIpc) is 0.810. The molecule has 0 aromatic heterocycles. The smallest absolute Gasteiger partial charge is 0.103 e. The Labute approximate surface area is 756 Å². The number of nitrogens with one attached hydrogen (secondary N) is 4. The summed E-state index contributed by atoms with van der Waals surface area (Å²) >= 11 is 0. The third-order valence-electron chi connectivity index (χ3n) is 20.9. The van der Waals surface area contributed by atoms with E-state index >= 15 is 0 Å². The van der Waals surface area contributed by atoms with Gasteiger partial charge in [-0.05, 0) is 120 Å². The van der Waals surface area contributed by atoms with Gasteiger partial charge in [-0.3, -0.25) is 0 Å². The molecule has 664 valence electrons. The molecule has 0 heterocycles. The van der Waals surface area contributed by atoms with Crippen molar-refractivity contribution < 1.29 is 70.4 Å². The second-order valence-corrected chi connectivity index (χ2v) is 34.9. The fourth-order valence-electron chi connectivity index (χ4n) is 14.4. The number of aryl methyl sites for hydroxylation is 1. The molecule has 1 unspecified atom stereocenters. The first-order valence-electron chi connectivity index (χ1n) is 42.3. The van der Waals surface area contributed by atoms with Crippen molar-refractivity contribution in [2.45, 2.75) is 113 Å². The van der Waals surface area contributed by atoms with Crippen molar-refractivity contribution in [3.63, 3.8) is 0 Å². The quantitative estimate of drug-likeness (QED) is 0.0194. The van der Waals surface area contributed by atoms with Gasteiger partial charge in [-0.25, -0.2) is 16.8 Å². The molecule has 0 aliphatic heterocycles. The largest absolute Gasteiger partial charge is 1.00 e. The molecule has 0 amide bonds. The topological polar surface area (TPSA) is 178 Å². The van der Waals surface area contributed by atoms with Crippen LogP contribution in [-0.4, -0.2) is 121 Å². The van der Waals surface area contributed by atoms with E-state index in [0.717, 1.165) is 110 Å². The molecule has 0 aliphatic rings. The van der Waals surface area contributed by atoms with Gasteiger partial charge < -0.3 is 88.7 Å². The van der Waals surface area contributed by atoms with Gasteiger partial charge >= 0.3 is 0 Å². The Hall–Kier alpha value is -10.5. The Morgan fingerprint density at radius 3 is 0.532 bits per heavy atom. The van der Waals surface area contributed by atoms with Gasteiger partial charge in [-0.1, -0.05) is 236 Å². The molecule has 124 heavy (non-hydrogen) atoms. The molecule has 12 aromatic carbocycles. The summed E-state index contributed by atoms with van der Waals surface area (Å²) in [6, 6.07) is 114. The second-order valence-electron chi connectivity index (χ2n) is 32.1. The van der Waals surface area contributed by atoms with Gasteiger partial charge in [-0.2, -0.15) is 0 Å². The highest BCUT2D eigenvalue weighted by Gasteiger charge is 2.19. The fraction of sp³-hybridized carbons (Fsp3) is 0.301. The van der Waals surface area contributed by atoms with E-state index in [1.807, 2.05) is 12.1 Å². The average molecular weight is 1760 g/mol. The molecule has 0 saturated heterocycles. The Morgan fingerprint density at radius 1 is 0.242 bits per heavy atom. The van der Waals surface area contributed by atoms with Crippen molar-refractivity contribution in [2.75, 3.05) is 130 Å². The molecule has 0 spiro atoms. The molecule has 17 nitrogen and oxygen atoms in total. The van der Waals surface area contributed by atoms with Crippen LogP contribution < -0.4 is 79.5 Å². The summed E-state index contributed by atoms with van der Waals surface area (Å²) in [5, 5.41) is 0. The third kappa shape index (κ3) is 41.3. The molecule has 0 fully saturated rings. The molecule has 0 bridgehead atoms. The number of hydrogen-bond acceptors (Lipinski definition) is 13. The number of rotatable bonds is 34. The Balaban J connectivity index is 0.000000282. The number of nitrogens with two attached hydrogens (primary N) is 1. The first-order valence-corrected chi connectivity index (χ1v) is 45.9. The third-order valence-corrected chi connectivity index (χ3v) is 20.9. The number of benzene rings is 12. The Kier molecular flexibility index (Phi) is 46.1. The number of halogens is 2. The lowest BCUT2D eigenvalue weighted by atomic mass is 10.1. The van der Waals surface area contributed by atoms with Crippen LogP contribution in [-0.2, 0) is 98.8 Å². The highest BCUT2D eigenvalue weighted by Crippen LogP contribution is 2.20. The molecule has 12 aromatic rings. The number of hydrogen-bond donors (Lipinski definition) is 5. The molecule has 0 radical (unpaired) electrons. The van der Waals surface area contributed by atoms with Crippen molar-refractivity contribution in [3.8, 4) is 0 Å². The summed E-state index contributed by atoms with van der Waals surface area (Å²) in [6.07, 6.45) is 1.21. The zero-order valence-electron chi connectivity index (χ0n) is 75.6. The summed E-state index contributed by atoms with van der Waals surface area (Å²) in [5.74, 6) is 0. The molecular weight excluding hydrogens is 1620 g/mol. The normalized spacial score (nSPS) is 11.0. The van der Waals surface area contributed by atoms with Crippen molar-refractivity contribution in [3.05, 3.63) is 388 Å². The van der Waals surface area contributed by atoms with Gasteiger partial charge in [0, 0.05) is 202 Å². The maximum absolute atomic E-state index is 9.08. The summed E-state index contributed by atoms with van der Waals surface area (Å²) in [6.45, 7) is 27.3. The zero-order chi connectivity index (χ0) is 88.4. The number of anilines is 7. The van der Waals surface area contributed by atoms with Crippen molar-refractivity contribution in [1.82, 2.24) is 0 Å². The molecule has 0 aliphatic carbocycles. The predicted octanol–water partition coefficient (Wildman–Crippen LogP) is 8.07. The molecule has 6 N–H and O–H groups in total. The summed E-state index contributed by atoms with van der Waals surface area (Å²) in [5.41, 5.74) is 32.1. The summed E-state index contributed by atoms with van der Waals surface area (Å²) in [7, 11) is 8.83. The molecule has 21 heteroatoms. The first-order chi connectivity index (χ1) is 58.4. The van der Waals surface area contributed by atoms with E-state index in [1.54, 1.807) is 14.7 Å². The van der Waals surface area contributed by atoms with E-state index in [0.29, 0.717) is 12.5 Å². The fourth-order valence-corrected chi connectivity index (χ4v) is 14.4. The van der Waals surface area contributed by atoms with Crippen LogP contribution in [0, 0.1) is 6.92 Å². The maximum Gasteiger partial charge on any atom is 0.103 e. The van der Waals surface area contributed by atoms with E-state index < -0.39 is 20.2 Å². The molecular formula is C103H135Cl2N11O6S2. The highest BCUT2D eigenvalue weighted by molar-refractivity contribution is 7.85. The monoisotopic (exact) mass is 1760 g/mol. The van der Waals surface area contributed by atoms with Gasteiger partial charge in [0.05, 0.1) is 20.2 Å². The van der Waals surface area contributed by atoms with E-state index in [-0.39, 0.29) is 24.8 Å². The lowest BCUT2D eigenvalue weighted by molar-refractivity contribution is -0.941. The number of quaternary nitrogens is 4. The summed E-state index contributed by atoms with van der Waals surface area (Å²) in [4.78, 5) is 19.5. The van der Waals surface area contributed by atoms with Crippen LogP contribution in [0.25, 0.3) is 0 Å². The maximum atomic E-state index is 9.08. The van der Waals surface area contributed by atoms with Crippen LogP contribution in [0.4, 0.5) is 39.8 Å². The van der Waals surface area contributed by atoms with E-state index in [4.69, 9.17) is 31.7 Å². The predicted molar refractivity (Wildman–Crippen MR) is 510 cm³/mol. The lowest BCUT2D eigenvalue weighted by Crippen LogP contribution is -3.08. The van der Waals surface area contributed by atoms with Crippen LogP contribution in [0.3, 0.4) is 0 Å². The Morgan fingerprint density at radius 2 is 0.379 bits per heavy atom. The van der Waals surface area contributed by atoms with Crippen LogP contribution in [0.5, 0.6) is 0 Å². The van der Waals surface area contributed by atoms with Gasteiger partial charge in [-0.15, -0.1) is 0 Å². The molecule has 1 atom stereocenters. The van der Waals surface area contributed by atoms with Crippen LogP contribution in [0.2, 0.25) is 0 Å². The van der Waals surface area contributed by atoms with E-state index in [1.165, 1.54) is 111 Å². The lowest BCUT2D eigenvalue weighted by Gasteiger charge is -2.23. The minimum Gasteiger partial charge on any atom is -1.00 e. The van der Waals surface area contributed by atoms with Gasteiger partial charge in [0.25, 0.3) is 0 Å². The minimum atomic E-state index is -3.92. The molecule has 0 saturated carbocycles. The van der Waals surface area contributed by atoms with E-state index in [9.17, 15) is 0 Å². The zero-order valence-corrected chi connectivity index (χ0v) is 78.8.